The normalized spacial score (nSPS) is 25.3. The Hall–Kier alpha value is -0.970. The first-order valence-corrected chi connectivity index (χ1v) is 6.94. The Bertz CT molecular complexity index is 337. The molecule has 3 N–H and O–H groups in total. The van der Waals surface area contributed by atoms with Crippen molar-refractivity contribution in [1.82, 2.24) is 9.97 Å². The van der Waals surface area contributed by atoms with Gasteiger partial charge in [-0.25, -0.2) is 4.98 Å². The molecule has 0 amide bonds. The molecule has 1 heterocycles. The van der Waals surface area contributed by atoms with Gasteiger partial charge in [0.05, 0.1) is 0 Å². The highest BCUT2D eigenvalue weighted by Crippen LogP contribution is 2.28. The van der Waals surface area contributed by atoms with Gasteiger partial charge in [-0.3, -0.25) is 0 Å². The molecule has 1 saturated carbocycles. The molecular weight excluding hydrogens is 220 g/mol. The molecule has 1 fully saturated rings. The third kappa shape index (κ3) is 3.01. The number of nitrogens with two attached hydrogens (primary N) is 1. The maximum atomic E-state index is 5.61. The molecular formula is C11H18N4S. The first-order chi connectivity index (χ1) is 7.78. The minimum atomic E-state index is 0.505. The molecule has 4 nitrogen and oxygen atoms in total. The molecule has 1 aliphatic rings. The fourth-order valence-electron chi connectivity index (χ4n) is 2.07. The quantitative estimate of drug-likeness (QED) is 0.844. The Kier molecular flexibility index (Phi) is 3.88. The molecule has 1 aliphatic carbocycles. The molecule has 0 bridgehead atoms. The summed E-state index contributed by atoms with van der Waals surface area (Å²) >= 11 is 1.98. The van der Waals surface area contributed by atoms with Gasteiger partial charge in [-0.05, 0) is 38.0 Å². The fourth-order valence-corrected chi connectivity index (χ4v) is 2.81. The molecule has 0 spiro atoms. The molecule has 0 saturated heterocycles. The van der Waals surface area contributed by atoms with E-state index in [1.165, 1.54) is 25.7 Å². The highest BCUT2D eigenvalue weighted by atomic mass is 32.2. The fraction of sp³-hybridized carbons (Fsp3) is 0.636. The Labute approximate surface area is 100 Å². The number of thioether (sulfide) groups is 1. The predicted octanol–water partition coefficient (Wildman–Crippen LogP) is 2.14. The van der Waals surface area contributed by atoms with Gasteiger partial charge in [0.25, 0.3) is 0 Å². The van der Waals surface area contributed by atoms with Gasteiger partial charge in [-0.2, -0.15) is 16.7 Å². The van der Waals surface area contributed by atoms with Crippen LogP contribution >= 0.6 is 11.8 Å². The van der Waals surface area contributed by atoms with Crippen molar-refractivity contribution in [2.75, 3.05) is 17.3 Å². The van der Waals surface area contributed by atoms with Crippen molar-refractivity contribution in [3.05, 3.63) is 12.3 Å². The highest BCUT2D eigenvalue weighted by molar-refractivity contribution is 7.99. The van der Waals surface area contributed by atoms with Crippen LogP contribution in [0.25, 0.3) is 0 Å². The second kappa shape index (κ2) is 5.39. The summed E-state index contributed by atoms with van der Waals surface area (Å²) in [5.74, 6) is 1.18. The molecule has 1 aromatic heterocycles. The SMILES string of the molecule is CSC1CCC(Nc2nccc(N)n2)CC1. The van der Waals surface area contributed by atoms with Crippen molar-refractivity contribution in [2.45, 2.75) is 37.0 Å². The molecule has 2 rings (SSSR count). The topological polar surface area (TPSA) is 63.8 Å². The zero-order chi connectivity index (χ0) is 11.4. The first-order valence-electron chi connectivity index (χ1n) is 5.66. The molecule has 1 aromatic rings. The maximum Gasteiger partial charge on any atom is 0.224 e. The largest absolute Gasteiger partial charge is 0.384 e. The second-order valence-corrected chi connectivity index (χ2v) is 5.30. The van der Waals surface area contributed by atoms with Crippen LogP contribution in [-0.2, 0) is 0 Å². The highest BCUT2D eigenvalue weighted by Gasteiger charge is 2.20. The summed E-state index contributed by atoms with van der Waals surface area (Å²) in [5.41, 5.74) is 5.61. The van der Waals surface area contributed by atoms with E-state index in [-0.39, 0.29) is 0 Å². The van der Waals surface area contributed by atoms with E-state index in [1.54, 1.807) is 12.3 Å². The molecule has 88 valence electrons. The average molecular weight is 238 g/mol. The minimum absolute atomic E-state index is 0.505. The van der Waals surface area contributed by atoms with Crippen LogP contribution in [0.3, 0.4) is 0 Å². The number of anilines is 2. The van der Waals surface area contributed by atoms with Crippen LogP contribution in [0, 0.1) is 0 Å². The number of nitrogens with zero attached hydrogens (tertiary/aromatic N) is 2. The number of hydrogen-bond acceptors (Lipinski definition) is 5. The summed E-state index contributed by atoms with van der Waals surface area (Å²) in [6.07, 6.45) is 8.84. The summed E-state index contributed by atoms with van der Waals surface area (Å²) in [6, 6.07) is 2.21. The molecule has 5 heteroatoms. The third-order valence-corrected chi connectivity index (χ3v) is 4.16. The third-order valence-electron chi connectivity index (χ3n) is 3.02. The van der Waals surface area contributed by atoms with Crippen LogP contribution < -0.4 is 11.1 Å². The van der Waals surface area contributed by atoms with Gasteiger partial charge in [0.1, 0.15) is 5.82 Å². The lowest BCUT2D eigenvalue weighted by atomic mass is 9.95. The van der Waals surface area contributed by atoms with Gasteiger partial charge in [0.15, 0.2) is 0 Å². The zero-order valence-corrected chi connectivity index (χ0v) is 10.3. The average Bonchev–Trinajstić information content (AvgIpc) is 2.30. The Morgan fingerprint density at radius 1 is 1.38 bits per heavy atom. The van der Waals surface area contributed by atoms with Gasteiger partial charge in [-0.1, -0.05) is 0 Å². The lowest BCUT2D eigenvalue weighted by molar-refractivity contribution is 0.471. The number of nitrogen functional groups attached to an aromatic ring is 1. The number of aromatic nitrogens is 2. The van der Waals surface area contributed by atoms with Crippen molar-refractivity contribution < 1.29 is 0 Å². The van der Waals surface area contributed by atoms with Crippen LogP contribution in [0.4, 0.5) is 11.8 Å². The van der Waals surface area contributed by atoms with Gasteiger partial charge in [0, 0.05) is 17.5 Å². The van der Waals surface area contributed by atoms with Crippen LogP contribution in [-0.4, -0.2) is 27.5 Å². The molecule has 16 heavy (non-hydrogen) atoms. The first kappa shape index (κ1) is 11.5. The number of nitrogens with one attached hydrogen (secondary N) is 1. The van der Waals surface area contributed by atoms with Crippen LogP contribution in [0.1, 0.15) is 25.7 Å². The van der Waals surface area contributed by atoms with Crippen molar-refractivity contribution in [2.24, 2.45) is 0 Å². The number of hydrogen-bond donors (Lipinski definition) is 2. The van der Waals surface area contributed by atoms with Crippen LogP contribution in [0.2, 0.25) is 0 Å². The summed E-state index contributed by atoms with van der Waals surface area (Å²) in [6.45, 7) is 0. The lowest BCUT2D eigenvalue weighted by Crippen LogP contribution is -2.27. The van der Waals surface area contributed by atoms with E-state index < -0.39 is 0 Å². The summed E-state index contributed by atoms with van der Waals surface area (Å²) < 4.78 is 0. The molecule has 0 atom stereocenters. The van der Waals surface area contributed by atoms with Crippen LogP contribution in [0.15, 0.2) is 12.3 Å². The lowest BCUT2D eigenvalue weighted by Gasteiger charge is -2.27. The van der Waals surface area contributed by atoms with E-state index in [2.05, 4.69) is 21.5 Å². The standard InChI is InChI=1S/C11H18N4S/c1-16-9-4-2-8(3-5-9)14-11-13-7-6-10(12)15-11/h6-9H,2-5H2,1H3,(H3,12,13,14,15). The van der Waals surface area contributed by atoms with Gasteiger partial charge in [0.2, 0.25) is 5.95 Å². The van der Waals surface area contributed by atoms with Gasteiger partial charge < -0.3 is 11.1 Å². The Balaban J connectivity index is 1.87. The van der Waals surface area contributed by atoms with Crippen molar-refractivity contribution in [3.63, 3.8) is 0 Å². The van der Waals surface area contributed by atoms with E-state index in [0.29, 0.717) is 17.8 Å². The smallest absolute Gasteiger partial charge is 0.224 e. The van der Waals surface area contributed by atoms with Crippen molar-refractivity contribution >= 4 is 23.5 Å². The maximum absolute atomic E-state index is 5.61. The Morgan fingerprint density at radius 3 is 2.75 bits per heavy atom. The predicted molar refractivity (Wildman–Crippen MR) is 69.6 cm³/mol. The van der Waals surface area contributed by atoms with Gasteiger partial charge in [-0.15, -0.1) is 0 Å². The zero-order valence-electron chi connectivity index (χ0n) is 9.52. The summed E-state index contributed by atoms with van der Waals surface area (Å²) in [5, 5.41) is 4.19. The molecule has 0 radical (unpaired) electrons. The number of rotatable bonds is 3. The van der Waals surface area contributed by atoms with E-state index >= 15 is 0 Å². The molecule has 0 unspecified atom stereocenters. The van der Waals surface area contributed by atoms with Crippen LogP contribution in [0.5, 0.6) is 0 Å². The van der Waals surface area contributed by atoms with E-state index in [1.807, 2.05) is 11.8 Å². The van der Waals surface area contributed by atoms with Gasteiger partial charge >= 0.3 is 0 Å². The minimum Gasteiger partial charge on any atom is -0.384 e. The second-order valence-electron chi connectivity index (χ2n) is 4.16. The molecule has 0 aliphatic heterocycles. The van der Waals surface area contributed by atoms with E-state index in [0.717, 1.165) is 5.25 Å². The monoisotopic (exact) mass is 238 g/mol. The van der Waals surface area contributed by atoms with E-state index in [4.69, 9.17) is 5.73 Å². The van der Waals surface area contributed by atoms with Crippen molar-refractivity contribution in [1.29, 1.82) is 0 Å². The Morgan fingerprint density at radius 2 is 2.12 bits per heavy atom. The van der Waals surface area contributed by atoms with E-state index in [9.17, 15) is 0 Å². The summed E-state index contributed by atoms with van der Waals surface area (Å²) in [7, 11) is 0. The summed E-state index contributed by atoms with van der Waals surface area (Å²) in [4.78, 5) is 8.32. The van der Waals surface area contributed by atoms with Crippen molar-refractivity contribution in [3.8, 4) is 0 Å². The molecule has 0 aromatic carbocycles.